The van der Waals surface area contributed by atoms with Gasteiger partial charge >= 0.3 is 0 Å². The number of hydrogen-bond donors (Lipinski definition) is 0. The van der Waals surface area contributed by atoms with E-state index >= 15 is 0 Å². The lowest BCUT2D eigenvalue weighted by molar-refractivity contribution is -0.117. The van der Waals surface area contributed by atoms with E-state index in [9.17, 15) is 4.79 Å². The summed E-state index contributed by atoms with van der Waals surface area (Å²) < 4.78 is 3.10. The van der Waals surface area contributed by atoms with E-state index in [4.69, 9.17) is 10.1 Å². The molecule has 31 heavy (non-hydrogen) atoms. The Balaban J connectivity index is 1.75. The molecule has 0 aliphatic carbocycles. The number of aromatic nitrogens is 3. The number of carbonyl (C=O) groups excluding carboxylic acids is 1. The Labute approximate surface area is 187 Å². The van der Waals surface area contributed by atoms with Crippen molar-refractivity contribution in [2.24, 2.45) is 5.92 Å². The zero-order valence-electron chi connectivity index (χ0n) is 18.7. The molecule has 0 bridgehead atoms. The second-order valence-electron chi connectivity index (χ2n) is 8.38. The van der Waals surface area contributed by atoms with E-state index in [0.29, 0.717) is 17.5 Å². The molecule has 0 aliphatic rings. The van der Waals surface area contributed by atoms with Gasteiger partial charge in [0.25, 0.3) is 0 Å². The Morgan fingerprint density at radius 3 is 2.48 bits per heavy atom. The van der Waals surface area contributed by atoms with Crippen molar-refractivity contribution >= 4 is 38.3 Å². The van der Waals surface area contributed by atoms with Crippen molar-refractivity contribution in [2.75, 3.05) is 4.90 Å². The van der Waals surface area contributed by atoms with Gasteiger partial charge in [-0.05, 0) is 50.5 Å². The number of benzene rings is 2. The Morgan fingerprint density at radius 2 is 1.77 bits per heavy atom. The highest BCUT2D eigenvalue weighted by atomic mass is 32.1. The van der Waals surface area contributed by atoms with Crippen LogP contribution in [-0.2, 0) is 17.8 Å². The van der Waals surface area contributed by atoms with E-state index in [0.717, 1.165) is 45.0 Å². The third-order valence-corrected chi connectivity index (χ3v) is 6.50. The molecule has 1 amide bonds. The number of para-hydroxylation sites is 2. The summed E-state index contributed by atoms with van der Waals surface area (Å²) in [4.78, 5) is 20.3. The van der Waals surface area contributed by atoms with Crippen molar-refractivity contribution in [1.82, 2.24) is 14.8 Å². The molecule has 0 fully saturated rings. The van der Waals surface area contributed by atoms with Crippen LogP contribution < -0.4 is 4.90 Å². The van der Waals surface area contributed by atoms with Crippen molar-refractivity contribution < 1.29 is 4.79 Å². The van der Waals surface area contributed by atoms with Crippen molar-refractivity contribution in [1.29, 1.82) is 0 Å². The number of carbonyl (C=O) groups is 1. The number of amides is 1. The first-order valence-electron chi connectivity index (χ1n) is 10.6. The summed E-state index contributed by atoms with van der Waals surface area (Å²) >= 11 is 1.54. The van der Waals surface area contributed by atoms with Crippen LogP contribution in [-0.4, -0.2) is 20.7 Å². The number of rotatable bonds is 6. The molecule has 5 nitrogen and oxygen atoms in total. The van der Waals surface area contributed by atoms with Gasteiger partial charge in [-0.25, -0.2) is 4.98 Å². The highest BCUT2D eigenvalue weighted by Gasteiger charge is 2.25. The summed E-state index contributed by atoms with van der Waals surface area (Å²) in [6.45, 7) is 11.3. The van der Waals surface area contributed by atoms with Gasteiger partial charge in [0.15, 0.2) is 5.13 Å². The van der Waals surface area contributed by atoms with Crippen LogP contribution in [0.1, 0.15) is 36.4 Å². The molecular formula is C25H28N4OS. The summed E-state index contributed by atoms with van der Waals surface area (Å²) in [6, 6.07) is 16.0. The van der Waals surface area contributed by atoms with E-state index in [1.54, 1.807) is 16.2 Å². The van der Waals surface area contributed by atoms with Gasteiger partial charge in [0, 0.05) is 17.8 Å². The lowest BCUT2D eigenvalue weighted by atomic mass is 10.1. The molecule has 4 rings (SSSR count). The Kier molecular flexibility index (Phi) is 5.92. The second kappa shape index (κ2) is 8.63. The molecule has 0 aliphatic heterocycles. The van der Waals surface area contributed by atoms with E-state index in [1.807, 2.05) is 67.1 Å². The zero-order valence-corrected chi connectivity index (χ0v) is 19.5. The monoisotopic (exact) mass is 432 g/mol. The van der Waals surface area contributed by atoms with Crippen LogP contribution in [0.4, 0.5) is 10.8 Å². The predicted molar refractivity (Wildman–Crippen MR) is 128 cm³/mol. The molecule has 4 aromatic rings. The van der Waals surface area contributed by atoms with Gasteiger partial charge in [0.05, 0.1) is 28.0 Å². The molecule has 0 radical (unpaired) electrons. The summed E-state index contributed by atoms with van der Waals surface area (Å²) in [5.41, 5.74) is 5.81. The maximum Gasteiger partial charge on any atom is 0.237 e. The van der Waals surface area contributed by atoms with Gasteiger partial charge in [-0.15, -0.1) is 0 Å². The van der Waals surface area contributed by atoms with Crippen molar-refractivity contribution in [2.45, 2.75) is 47.6 Å². The average molecular weight is 433 g/mol. The first kappa shape index (κ1) is 21.2. The summed E-state index contributed by atoms with van der Waals surface area (Å²) in [5, 5.41) is 5.39. The van der Waals surface area contributed by atoms with Crippen LogP contribution >= 0.6 is 11.3 Å². The van der Waals surface area contributed by atoms with Gasteiger partial charge < -0.3 is 0 Å². The zero-order chi connectivity index (χ0) is 22.1. The van der Waals surface area contributed by atoms with Gasteiger partial charge in [-0.3, -0.25) is 14.4 Å². The molecule has 2 heterocycles. The third-order valence-electron chi connectivity index (χ3n) is 5.48. The van der Waals surface area contributed by atoms with Crippen LogP contribution in [0.3, 0.4) is 0 Å². The number of fused-ring (bicyclic) bond motifs is 1. The molecular weight excluding hydrogens is 404 g/mol. The fourth-order valence-electron chi connectivity index (χ4n) is 3.86. The molecule has 0 spiro atoms. The van der Waals surface area contributed by atoms with E-state index < -0.39 is 0 Å². The first-order chi connectivity index (χ1) is 14.8. The highest BCUT2D eigenvalue weighted by Crippen LogP contribution is 2.35. The maximum absolute atomic E-state index is 13.7. The second-order valence-corrected chi connectivity index (χ2v) is 9.39. The van der Waals surface area contributed by atoms with E-state index in [-0.39, 0.29) is 5.91 Å². The van der Waals surface area contributed by atoms with E-state index in [2.05, 4.69) is 20.8 Å². The number of nitrogens with zero attached hydrogens (tertiary/aromatic N) is 4. The number of aryl methyl sites for hydroxylation is 2. The molecule has 2 aromatic heterocycles. The van der Waals surface area contributed by atoms with Crippen LogP contribution in [0.5, 0.6) is 0 Å². The minimum absolute atomic E-state index is 0.00338. The van der Waals surface area contributed by atoms with Crippen molar-refractivity contribution in [3.8, 4) is 0 Å². The van der Waals surface area contributed by atoms with Gasteiger partial charge in [-0.2, -0.15) is 5.10 Å². The summed E-state index contributed by atoms with van der Waals surface area (Å²) in [7, 11) is 0. The first-order valence-corrected chi connectivity index (χ1v) is 11.4. The maximum atomic E-state index is 13.7. The minimum atomic E-state index is 0.00338. The largest absolute Gasteiger partial charge is 0.274 e. The van der Waals surface area contributed by atoms with Crippen molar-refractivity contribution in [3.05, 3.63) is 71.0 Å². The van der Waals surface area contributed by atoms with Gasteiger partial charge in [0.1, 0.15) is 0 Å². The molecule has 0 saturated heterocycles. The summed E-state index contributed by atoms with van der Waals surface area (Å²) in [5.74, 6) is 0.497. The quantitative estimate of drug-likeness (QED) is 0.376. The number of thiazole rings is 1. The van der Waals surface area contributed by atoms with Crippen molar-refractivity contribution in [3.63, 3.8) is 0 Å². The smallest absolute Gasteiger partial charge is 0.237 e. The number of hydrogen-bond acceptors (Lipinski definition) is 4. The Hall–Kier alpha value is -2.99. The molecule has 6 heteroatoms. The molecule has 160 valence electrons. The fraction of sp³-hybridized carbons (Fsp3) is 0.320. The molecule has 0 atom stereocenters. The lowest BCUT2D eigenvalue weighted by Crippen LogP contribution is -2.28. The van der Waals surface area contributed by atoms with Gasteiger partial charge in [-0.1, -0.05) is 55.5 Å². The predicted octanol–water partition coefficient (Wildman–Crippen LogP) is 5.98. The molecule has 2 aromatic carbocycles. The van der Waals surface area contributed by atoms with Crippen LogP contribution in [0, 0.1) is 26.7 Å². The number of anilines is 2. The van der Waals surface area contributed by atoms with Crippen LogP contribution in [0.25, 0.3) is 10.2 Å². The Bertz CT molecular complexity index is 1200. The fourth-order valence-corrected chi connectivity index (χ4v) is 4.85. The average Bonchev–Trinajstić information content (AvgIpc) is 3.25. The normalized spacial score (nSPS) is 11.4. The molecule has 0 unspecified atom stereocenters. The van der Waals surface area contributed by atoms with Gasteiger partial charge in [0.2, 0.25) is 5.91 Å². The Morgan fingerprint density at radius 1 is 1.06 bits per heavy atom. The molecule has 0 N–H and O–H groups in total. The topological polar surface area (TPSA) is 51.0 Å². The van der Waals surface area contributed by atoms with Crippen LogP contribution in [0.2, 0.25) is 0 Å². The van der Waals surface area contributed by atoms with E-state index in [1.165, 1.54) is 0 Å². The minimum Gasteiger partial charge on any atom is -0.274 e. The summed E-state index contributed by atoms with van der Waals surface area (Å²) in [6.07, 6.45) is 0.292. The standard InChI is InChI=1S/C25H28N4OS/c1-16(2)15-28-19(5)20(18(4)27-28)14-24(30)29(22-12-8-6-10-17(22)3)25-26-21-11-7-9-13-23(21)31-25/h6-13,16H,14-15H2,1-5H3. The SMILES string of the molecule is Cc1ccccc1N(C(=O)Cc1c(C)nn(CC(C)C)c1C)c1nc2ccccc2s1. The third kappa shape index (κ3) is 4.26. The lowest BCUT2D eigenvalue weighted by Gasteiger charge is -2.22. The van der Waals surface area contributed by atoms with Crippen LogP contribution in [0.15, 0.2) is 48.5 Å². The highest BCUT2D eigenvalue weighted by molar-refractivity contribution is 7.22. The molecule has 0 saturated carbocycles.